The van der Waals surface area contributed by atoms with Gasteiger partial charge in [-0.25, -0.2) is 9.80 Å². The Morgan fingerprint density at radius 1 is 1.28 bits per heavy atom. The van der Waals surface area contributed by atoms with Gasteiger partial charge in [-0.2, -0.15) is 0 Å². The lowest BCUT2D eigenvalue weighted by Gasteiger charge is -2.43. The average Bonchev–Trinajstić information content (AvgIpc) is 2.35. The lowest BCUT2D eigenvalue weighted by molar-refractivity contribution is -0.180. The Kier molecular flexibility index (Phi) is 3.36. The van der Waals surface area contributed by atoms with Gasteiger partial charge < -0.3 is 5.11 Å². The number of carbonyl (C=O) groups is 3. The lowest BCUT2D eigenvalue weighted by atomic mass is 10.0. The molecule has 1 N–H and O–H groups in total. The minimum atomic E-state index is -1.07. The third-order valence-corrected chi connectivity index (χ3v) is 3.36. The molecule has 2 saturated heterocycles. The first kappa shape index (κ1) is 12.6. The second-order valence-electron chi connectivity index (χ2n) is 4.62. The summed E-state index contributed by atoms with van der Waals surface area (Å²) < 4.78 is 0. The molecule has 0 bridgehead atoms. The molecule has 2 aliphatic rings. The number of hydrazine groups is 1. The summed E-state index contributed by atoms with van der Waals surface area (Å²) in [5, 5.41) is 11.5. The van der Waals surface area contributed by atoms with Crippen LogP contribution in [0.2, 0.25) is 0 Å². The first-order valence-electron chi connectivity index (χ1n) is 6.07. The molecule has 2 rings (SSSR count). The van der Waals surface area contributed by atoms with Crippen LogP contribution in [0.5, 0.6) is 0 Å². The van der Waals surface area contributed by atoms with Gasteiger partial charge in [-0.15, -0.1) is 0 Å². The maximum Gasteiger partial charge on any atom is 0.328 e. The molecule has 2 fully saturated rings. The van der Waals surface area contributed by atoms with Gasteiger partial charge in [-0.05, 0) is 25.7 Å². The molecule has 2 heterocycles. The summed E-state index contributed by atoms with van der Waals surface area (Å²) in [5.41, 5.74) is 0.376. The van der Waals surface area contributed by atoms with Gasteiger partial charge in [0.05, 0.1) is 0 Å². The van der Waals surface area contributed by atoms with E-state index in [0.717, 1.165) is 5.01 Å². The molecule has 2 aliphatic heterocycles. The molecule has 6 nitrogen and oxygen atoms in total. The quantitative estimate of drug-likeness (QED) is 0.691. The molecule has 0 saturated carbocycles. The Morgan fingerprint density at radius 3 is 2.67 bits per heavy atom. The summed E-state index contributed by atoms with van der Waals surface area (Å²) in [5.74, 6) is -1.69. The van der Waals surface area contributed by atoms with Crippen LogP contribution in [0.15, 0.2) is 12.2 Å². The zero-order chi connectivity index (χ0) is 13.3. The highest BCUT2D eigenvalue weighted by atomic mass is 16.4. The predicted molar refractivity (Wildman–Crippen MR) is 62.2 cm³/mol. The first-order chi connectivity index (χ1) is 8.52. The molecule has 1 atom stereocenters. The van der Waals surface area contributed by atoms with E-state index in [2.05, 4.69) is 6.58 Å². The van der Waals surface area contributed by atoms with Crippen LogP contribution >= 0.6 is 0 Å². The topological polar surface area (TPSA) is 77.9 Å². The highest BCUT2D eigenvalue weighted by molar-refractivity contribution is 5.97. The summed E-state index contributed by atoms with van der Waals surface area (Å²) >= 11 is 0. The monoisotopic (exact) mass is 252 g/mol. The second kappa shape index (κ2) is 4.80. The Balaban J connectivity index is 2.35. The SMILES string of the molecule is C=C1CCCC(=O)N2CCC[C@@H](C(=O)O)N2C1=O. The molecule has 0 aliphatic carbocycles. The third-order valence-electron chi connectivity index (χ3n) is 3.36. The van der Waals surface area contributed by atoms with Gasteiger partial charge in [0.15, 0.2) is 6.04 Å². The fourth-order valence-electron chi connectivity index (χ4n) is 2.41. The minimum absolute atomic E-state index is 0.179. The maximum absolute atomic E-state index is 12.2. The number of rotatable bonds is 1. The highest BCUT2D eigenvalue weighted by Crippen LogP contribution is 2.25. The average molecular weight is 252 g/mol. The number of hydrogen-bond acceptors (Lipinski definition) is 3. The molecule has 18 heavy (non-hydrogen) atoms. The van der Waals surface area contributed by atoms with Crippen LogP contribution in [0.3, 0.4) is 0 Å². The number of aliphatic carboxylic acids is 1. The largest absolute Gasteiger partial charge is 0.480 e. The fourth-order valence-corrected chi connectivity index (χ4v) is 2.41. The van der Waals surface area contributed by atoms with Gasteiger partial charge in [-0.1, -0.05) is 6.58 Å². The number of hydrogen-bond donors (Lipinski definition) is 1. The second-order valence-corrected chi connectivity index (χ2v) is 4.62. The van der Waals surface area contributed by atoms with Crippen LogP contribution < -0.4 is 0 Å². The molecule has 2 amide bonds. The summed E-state index contributed by atoms with van der Waals surface area (Å²) in [6.07, 6.45) is 2.33. The van der Waals surface area contributed by atoms with Gasteiger partial charge in [-0.3, -0.25) is 14.6 Å². The Bertz CT molecular complexity index is 418. The van der Waals surface area contributed by atoms with Crippen molar-refractivity contribution in [2.45, 2.75) is 38.1 Å². The van der Waals surface area contributed by atoms with Crippen LogP contribution in [-0.2, 0) is 14.4 Å². The molecule has 98 valence electrons. The van der Waals surface area contributed by atoms with Crippen molar-refractivity contribution in [2.24, 2.45) is 0 Å². The number of carboxylic acids is 1. The van der Waals surface area contributed by atoms with E-state index in [1.165, 1.54) is 5.01 Å². The number of carbonyl (C=O) groups excluding carboxylic acids is 2. The van der Waals surface area contributed by atoms with E-state index in [1.807, 2.05) is 0 Å². The minimum Gasteiger partial charge on any atom is -0.480 e. The molecule has 0 radical (unpaired) electrons. The van der Waals surface area contributed by atoms with E-state index >= 15 is 0 Å². The number of amides is 2. The standard InChI is InChI=1S/C12H16N2O4/c1-8-4-2-6-10(15)13-7-3-5-9(12(17)18)14(13)11(8)16/h9H,1-7H2,(H,17,18)/t9-/m0/s1. The van der Waals surface area contributed by atoms with Gasteiger partial charge in [0.1, 0.15) is 0 Å². The van der Waals surface area contributed by atoms with E-state index < -0.39 is 17.9 Å². The molecule has 0 aromatic carbocycles. The van der Waals surface area contributed by atoms with Gasteiger partial charge in [0, 0.05) is 18.5 Å². The number of fused-ring (bicyclic) bond motifs is 1. The zero-order valence-corrected chi connectivity index (χ0v) is 10.1. The normalized spacial score (nSPS) is 25.6. The van der Waals surface area contributed by atoms with Gasteiger partial charge >= 0.3 is 5.97 Å². The first-order valence-corrected chi connectivity index (χ1v) is 6.07. The Hall–Kier alpha value is -1.85. The number of nitrogens with zero attached hydrogens (tertiary/aromatic N) is 2. The van der Waals surface area contributed by atoms with Crippen molar-refractivity contribution in [1.29, 1.82) is 0 Å². The predicted octanol–water partition coefficient (Wildman–Crippen LogP) is 0.546. The molecule has 0 aromatic heterocycles. The van der Waals surface area contributed by atoms with Crippen molar-refractivity contribution in [2.75, 3.05) is 6.54 Å². The molecule has 6 heteroatoms. The molecule has 0 unspecified atom stereocenters. The molecule has 0 aromatic rings. The van der Waals surface area contributed by atoms with Crippen molar-refractivity contribution in [3.8, 4) is 0 Å². The molecular weight excluding hydrogens is 236 g/mol. The van der Waals surface area contributed by atoms with Crippen molar-refractivity contribution in [3.63, 3.8) is 0 Å². The Labute approximate surface area is 105 Å². The highest BCUT2D eigenvalue weighted by Gasteiger charge is 2.40. The van der Waals surface area contributed by atoms with E-state index in [0.29, 0.717) is 44.2 Å². The van der Waals surface area contributed by atoms with E-state index in [-0.39, 0.29) is 5.91 Å². The Morgan fingerprint density at radius 2 is 2.00 bits per heavy atom. The number of carboxylic acid groups (broad SMARTS) is 1. The zero-order valence-electron chi connectivity index (χ0n) is 10.1. The smallest absolute Gasteiger partial charge is 0.328 e. The van der Waals surface area contributed by atoms with Crippen molar-refractivity contribution in [3.05, 3.63) is 12.2 Å². The third kappa shape index (κ3) is 2.10. The van der Waals surface area contributed by atoms with E-state index in [1.54, 1.807) is 0 Å². The summed E-state index contributed by atoms with van der Waals surface area (Å²) in [4.78, 5) is 35.3. The maximum atomic E-state index is 12.2. The summed E-state index contributed by atoms with van der Waals surface area (Å²) in [6.45, 7) is 4.09. The van der Waals surface area contributed by atoms with Crippen LogP contribution in [0.4, 0.5) is 0 Å². The lowest BCUT2D eigenvalue weighted by Crippen LogP contribution is -2.60. The van der Waals surface area contributed by atoms with E-state index in [9.17, 15) is 14.4 Å². The fraction of sp³-hybridized carbons (Fsp3) is 0.583. The summed E-state index contributed by atoms with van der Waals surface area (Å²) in [7, 11) is 0. The molecular formula is C12H16N2O4. The van der Waals surface area contributed by atoms with E-state index in [4.69, 9.17) is 5.11 Å². The molecule has 0 spiro atoms. The van der Waals surface area contributed by atoms with Crippen molar-refractivity contribution in [1.82, 2.24) is 10.0 Å². The summed E-state index contributed by atoms with van der Waals surface area (Å²) in [6, 6.07) is -0.954. The van der Waals surface area contributed by atoms with Crippen molar-refractivity contribution >= 4 is 17.8 Å². The van der Waals surface area contributed by atoms with Crippen LogP contribution in [-0.4, -0.2) is 45.5 Å². The van der Waals surface area contributed by atoms with Crippen LogP contribution in [0.1, 0.15) is 32.1 Å². The van der Waals surface area contributed by atoms with Gasteiger partial charge in [0.2, 0.25) is 5.91 Å². The van der Waals surface area contributed by atoms with Crippen LogP contribution in [0.25, 0.3) is 0 Å². The van der Waals surface area contributed by atoms with Gasteiger partial charge in [0.25, 0.3) is 5.91 Å². The van der Waals surface area contributed by atoms with Crippen LogP contribution in [0, 0.1) is 0 Å². The van der Waals surface area contributed by atoms with Crippen molar-refractivity contribution < 1.29 is 19.5 Å².